The number of para-hydroxylation sites is 1. The van der Waals surface area contributed by atoms with Crippen molar-refractivity contribution >= 4 is 40.7 Å². The van der Waals surface area contributed by atoms with Gasteiger partial charge >= 0.3 is 6.03 Å². The highest BCUT2D eigenvalue weighted by Gasteiger charge is 2.20. The van der Waals surface area contributed by atoms with Crippen molar-refractivity contribution in [2.75, 3.05) is 55.3 Å². The number of nitrogens with two attached hydrogens (primary N) is 1. The van der Waals surface area contributed by atoms with Crippen molar-refractivity contribution in [2.45, 2.75) is 13.3 Å². The molecule has 3 amide bonds. The topological polar surface area (TPSA) is 122 Å². The number of anilines is 3. The second-order valence-corrected chi connectivity index (χ2v) is 9.08. The maximum absolute atomic E-state index is 12.4. The number of primary amides is 1. The SMILES string of the molecule is Cc1ccccc1NC(=O)Nc1ccc(-c2snc(NCCCN3CCOCC3)c2C(N)=O)cc1. The predicted molar refractivity (Wildman–Crippen MR) is 140 cm³/mol. The molecule has 0 unspecified atom stereocenters. The molecule has 0 saturated carbocycles. The van der Waals surface area contributed by atoms with Gasteiger partial charge in [0.15, 0.2) is 5.82 Å². The molecule has 2 aromatic carbocycles. The number of morpholine rings is 1. The van der Waals surface area contributed by atoms with Crippen molar-refractivity contribution in [3.05, 3.63) is 59.7 Å². The van der Waals surface area contributed by atoms with Gasteiger partial charge in [-0.3, -0.25) is 9.69 Å². The molecule has 0 spiro atoms. The van der Waals surface area contributed by atoms with Crippen LogP contribution >= 0.6 is 11.5 Å². The Kier molecular flexibility index (Phi) is 8.30. The fraction of sp³-hybridized carbons (Fsp3) is 0.320. The van der Waals surface area contributed by atoms with Gasteiger partial charge in [0, 0.05) is 31.0 Å². The number of carbonyl (C=O) groups excluding carboxylic acids is 2. The highest BCUT2D eigenvalue weighted by Crippen LogP contribution is 2.33. The number of carbonyl (C=O) groups is 2. The average Bonchev–Trinajstić information content (AvgIpc) is 3.29. The summed E-state index contributed by atoms with van der Waals surface area (Å²) in [6.45, 7) is 7.05. The Morgan fingerprint density at radius 1 is 1.09 bits per heavy atom. The van der Waals surface area contributed by atoms with Crippen LogP contribution in [0.4, 0.5) is 22.0 Å². The summed E-state index contributed by atoms with van der Waals surface area (Å²) in [5, 5.41) is 8.93. The molecule has 1 saturated heterocycles. The first kappa shape index (κ1) is 24.6. The molecule has 2 heterocycles. The Morgan fingerprint density at radius 2 is 1.83 bits per heavy atom. The van der Waals surface area contributed by atoms with Gasteiger partial charge < -0.3 is 26.4 Å². The van der Waals surface area contributed by atoms with Gasteiger partial charge in [0.05, 0.1) is 18.1 Å². The van der Waals surface area contributed by atoms with Gasteiger partial charge in [-0.05, 0) is 60.7 Å². The molecule has 1 aromatic heterocycles. The van der Waals surface area contributed by atoms with E-state index in [1.807, 2.05) is 43.3 Å². The van der Waals surface area contributed by atoms with E-state index in [0.717, 1.165) is 56.1 Å². The number of aromatic nitrogens is 1. The van der Waals surface area contributed by atoms with E-state index < -0.39 is 5.91 Å². The Morgan fingerprint density at radius 3 is 2.54 bits per heavy atom. The van der Waals surface area contributed by atoms with Crippen molar-refractivity contribution < 1.29 is 14.3 Å². The molecule has 0 atom stereocenters. The number of benzene rings is 2. The number of aryl methyl sites for hydroxylation is 1. The Hall–Kier alpha value is -3.47. The van der Waals surface area contributed by atoms with Crippen LogP contribution in [0.5, 0.6) is 0 Å². The molecule has 0 aliphatic carbocycles. The maximum Gasteiger partial charge on any atom is 0.323 e. The number of ether oxygens (including phenoxy) is 1. The number of hydrogen-bond acceptors (Lipinski definition) is 7. The first-order valence-electron chi connectivity index (χ1n) is 11.6. The van der Waals surface area contributed by atoms with Crippen molar-refractivity contribution in [3.8, 4) is 10.4 Å². The summed E-state index contributed by atoms with van der Waals surface area (Å²) in [6, 6.07) is 14.5. The maximum atomic E-state index is 12.4. The summed E-state index contributed by atoms with van der Waals surface area (Å²) >= 11 is 1.23. The Bertz CT molecular complexity index is 1160. The van der Waals surface area contributed by atoms with Crippen molar-refractivity contribution in [1.29, 1.82) is 0 Å². The predicted octanol–water partition coefficient (Wildman–Crippen LogP) is 4.00. The van der Waals surface area contributed by atoms with E-state index in [9.17, 15) is 9.59 Å². The number of hydrogen-bond donors (Lipinski definition) is 4. The fourth-order valence-corrected chi connectivity index (χ4v) is 4.74. The van der Waals surface area contributed by atoms with Gasteiger partial charge in [-0.25, -0.2) is 4.79 Å². The summed E-state index contributed by atoms with van der Waals surface area (Å²) in [5.74, 6) is -0.0106. The molecule has 184 valence electrons. The highest BCUT2D eigenvalue weighted by molar-refractivity contribution is 7.10. The van der Waals surface area contributed by atoms with Crippen LogP contribution in [-0.4, -0.2) is 60.6 Å². The molecule has 0 bridgehead atoms. The van der Waals surface area contributed by atoms with Crippen LogP contribution in [-0.2, 0) is 4.74 Å². The lowest BCUT2D eigenvalue weighted by molar-refractivity contribution is 0.0378. The van der Waals surface area contributed by atoms with Gasteiger partial charge in [-0.1, -0.05) is 30.3 Å². The molecule has 3 aromatic rings. The van der Waals surface area contributed by atoms with Gasteiger partial charge in [0.2, 0.25) is 0 Å². The van der Waals surface area contributed by atoms with Crippen LogP contribution in [0.3, 0.4) is 0 Å². The van der Waals surface area contributed by atoms with Crippen molar-refractivity contribution in [3.63, 3.8) is 0 Å². The number of nitrogens with one attached hydrogen (secondary N) is 3. The quantitative estimate of drug-likeness (QED) is 0.334. The monoisotopic (exact) mass is 494 g/mol. The average molecular weight is 495 g/mol. The third-order valence-corrected chi connectivity index (χ3v) is 6.68. The third kappa shape index (κ3) is 6.56. The van der Waals surface area contributed by atoms with E-state index in [0.29, 0.717) is 28.5 Å². The summed E-state index contributed by atoms with van der Waals surface area (Å²) in [4.78, 5) is 27.6. The van der Waals surface area contributed by atoms with Crippen molar-refractivity contribution in [1.82, 2.24) is 9.27 Å². The molecule has 0 radical (unpaired) electrons. The zero-order valence-electron chi connectivity index (χ0n) is 19.7. The number of urea groups is 1. The third-order valence-electron chi connectivity index (χ3n) is 5.78. The van der Waals surface area contributed by atoms with E-state index in [-0.39, 0.29) is 6.03 Å². The van der Waals surface area contributed by atoms with Crippen LogP contribution in [0.1, 0.15) is 22.3 Å². The van der Waals surface area contributed by atoms with Crippen LogP contribution in [0.15, 0.2) is 48.5 Å². The molecule has 5 N–H and O–H groups in total. The van der Waals surface area contributed by atoms with Crippen LogP contribution in [0.25, 0.3) is 10.4 Å². The molecular formula is C25H30N6O3S. The van der Waals surface area contributed by atoms with Crippen LogP contribution in [0.2, 0.25) is 0 Å². The normalized spacial score (nSPS) is 13.9. The number of amides is 3. The lowest BCUT2D eigenvalue weighted by atomic mass is 10.1. The molecule has 10 heteroatoms. The molecule has 9 nitrogen and oxygen atoms in total. The minimum atomic E-state index is -0.524. The first-order chi connectivity index (χ1) is 17.0. The highest BCUT2D eigenvalue weighted by atomic mass is 32.1. The summed E-state index contributed by atoms with van der Waals surface area (Å²) in [7, 11) is 0. The zero-order valence-corrected chi connectivity index (χ0v) is 20.5. The van der Waals surface area contributed by atoms with Gasteiger partial charge in [-0.15, -0.1) is 0 Å². The van der Waals surface area contributed by atoms with Crippen LogP contribution < -0.4 is 21.7 Å². The van der Waals surface area contributed by atoms with E-state index in [4.69, 9.17) is 10.5 Å². The summed E-state index contributed by atoms with van der Waals surface area (Å²) in [5.41, 5.74) is 9.26. The van der Waals surface area contributed by atoms with Gasteiger partial charge in [0.25, 0.3) is 5.91 Å². The van der Waals surface area contributed by atoms with E-state index in [1.165, 1.54) is 11.5 Å². The smallest absolute Gasteiger partial charge is 0.323 e. The molecule has 1 aliphatic heterocycles. The standard InChI is InChI=1S/C25H30N6O3S/c1-17-5-2-3-6-20(17)29-25(33)28-19-9-7-18(8-10-19)22-21(23(26)32)24(30-35-22)27-11-4-12-31-13-15-34-16-14-31/h2-3,5-10H,4,11-16H2,1H3,(H2,26,32)(H,27,30)(H2,28,29,33). The van der Waals surface area contributed by atoms with Crippen LogP contribution in [0, 0.1) is 6.92 Å². The first-order valence-corrected chi connectivity index (χ1v) is 12.4. The van der Waals surface area contributed by atoms with E-state index >= 15 is 0 Å². The zero-order chi connectivity index (χ0) is 24.6. The number of rotatable bonds is 9. The second kappa shape index (κ2) is 11.8. The molecule has 35 heavy (non-hydrogen) atoms. The second-order valence-electron chi connectivity index (χ2n) is 8.31. The van der Waals surface area contributed by atoms with Gasteiger partial charge in [-0.2, -0.15) is 4.37 Å². The minimum Gasteiger partial charge on any atom is -0.379 e. The van der Waals surface area contributed by atoms with Crippen molar-refractivity contribution in [2.24, 2.45) is 5.73 Å². The lowest BCUT2D eigenvalue weighted by Gasteiger charge is -2.26. The summed E-state index contributed by atoms with van der Waals surface area (Å²) in [6.07, 6.45) is 0.927. The fourth-order valence-electron chi connectivity index (χ4n) is 3.87. The largest absolute Gasteiger partial charge is 0.379 e. The minimum absolute atomic E-state index is 0.328. The summed E-state index contributed by atoms with van der Waals surface area (Å²) < 4.78 is 9.82. The number of nitrogens with zero attached hydrogens (tertiary/aromatic N) is 2. The lowest BCUT2D eigenvalue weighted by Crippen LogP contribution is -2.37. The molecular weight excluding hydrogens is 464 g/mol. The Labute approximate surface area is 208 Å². The van der Waals surface area contributed by atoms with E-state index in [1.54, 1.807) is 12.1 Å². The van der Waals surface area contributed by atoms with Gasteiger partial charge in [0.1, 0.15) is 5.56 Å². The molecule has 1 aliphatic rings. The molecule has 1 fully saturated rings. The molecule has 4 rings (SSSR count). The Balaban J connectivity index is 1.36. The van der Waals surface area contributed by atoms with E-state index in [2.05, 4.69) is 25.2 Å².